The van der Waals surface area contributed by atoms with Crippen LogP contribution in [0.5, 0.6) is 0 Å². The molecule has 106 valence electrons. The zero-order valence-corrected chi connectivity index (χ0v) is 12.0. The molecule has 1 unspecified atom stereocenters. The van der Waals surface area contributed by atoms with Crippen LogP contribution in [0, 0.1) is 17.2 Å². The first kappa shape index (κ1) is 19.3. The minimum Gasteiger partial charge on any atom is -0.483 e. The SMILES string of the molecule is CC#N.CCC(CC)CCC1CCCN1.O=CO. The van der Waals surface area contributed by atoms with Gasteiger partial charge >= 0.3 is 0 Å². The van der Waals surface area contributed by atoms with Gasteiger partial charge in [-0.15, -0.1) is 0 Å². The fourth-order valence-electron chi connectivity index (χ4n) is 2.14. The molecule has 18 heavy (non-hydrogen) atoms. The van der Waals surface area contributed by atoms with E-state index in [9.17, 15) is 0 Å². The fraction of sp³-hybridized carbons (Fsp3) is 0.857. The lowest BCUT2D eigenvalue weighted by atomic mass is 9.95. The van der Waals surface area contributed by atoms with Crippen molar-refractivity contribution in [3.8, 4) is 6.07 Å². The average molecular weight is 256 g/mol. The molecule has 0 aromatic carbocycles. The molecule has 0 amide bonds. The van der Waals surface area contributed by atoms with Crippen molar-refractivity contribution in [1.82, 2.24) is 5.32 Å². The second kappa shape index (κ2) is 15.9. The van der Waals surface area contributed by atoms with Crippen LogP contribution in [-0.2, 0) is 4.79 Å². The molecule has 0 spiro atoms. The quantitative estimate of drug-likeness (QED) is 0.741. The number of carboxylic acid groups (broad SMARTS) is 1. The van der Waals surface area contributed by atoms with Crippen molar-refractivity contribution in [2.75, 3.05) is 6.54 Å². The molecule has 0 aliphatic carbocycles. The Kier molecular flexibility index (Phi) is 17.0. The lowest BCUT2D eigenvalue weighted by molar-refractivity contribution is -0.122. The highest BCUT2D eigenvalue weighted by Gasteiger charge is 2.14. The summed E-state index contributed by atoms with van der Waals surface area (Å²) in [6, 6.07) is 2.60. The number of hydrogen-bond donors (Lipinski definition) is 2. The maximum atomic E-state index is 8.36. The van der Waals surface area contributed by atoms with Crippen molar-refractivity contribution >= 4 is 6.47 Å². The summed E-state index contributed by atoms with van der Waals surface area (Å²) < 4.78 is 0. The fourth-order valence-corrected chi connectivity index (χ4v) is 2.14. The van der Waals surface area contributed by atoms with Crippen LogP contribution in [0.1, 0.15) is 59.3 Å². The zero-order valence-electron chi connectivity index (χ0n) is 12.0. The molecule has 1 fully saturated rings. The van der Waals surface area contributed by atoms with E-state index in [1.54, 1.807) is 6.07 Å². The zero-order chi connectivity index (χ0) is 14.2. The van der Waals surface area contributed by atoms with Crippen LogP contribution in [0.3, 0.4) is 0 Å². The molecule has 4 heteroatoms. The third-order valence-electron chi connectivity index (χ3n) is 3.24. The van der Waals surface area contributed by atoms with Gasteiger partial charge in [0.25, 0.3) is 6.47 Å². The Labute approximate surface area is 111 Å². The highest BCUT2D eigenvalue weighted by atomic mass is 16.3. The second-order valence-corrected chi connectivity index (χ2v) is 4.38. The van der Waals surface area contributed by atoms with Crippen LogP contribution in [0.2, 0.25) is 0 Å². The molecular formula is C14H28N2O2. The first-order valence-electron chi connectivity index (χ1n) is 6.82. The summed E-state index contributed by atoms with van der Waals surface area (Å²) in [7, 11) is 0. The molecule has 2 N–H and O–H groups in total. The Morgan fingerprint density at radius 3 is 2.33 bits per heavy atom. The van der Waals surface area contributed by atoms with Gasteiger partial charge in [-0.1, -0.05) is 26.7 Å². The van der Waals surface area contributed by atoms with Crippen LogP contribution in [0.4, 0.5) is 0 Å². The predicted octanol–water partition coefficient (Wildman–Crippen LogP) is 3.19. The van der Waals surface area contributed by atoms with Gasteiger partial charge in [-0.25, -0.2) is 0 Å². The van der Waals surface area contributed by atoms with Crippen molar-refractivity contribution in [2.45, 2.75) is 65.3 Å². The summed E-state index contributed by atoms with van der Waals surface area (Å²) in [5, 5.41) is 17.8. The van der Waals surface area contributed by atoms with Crippen molar-refractivity contribution < 1.29 is 9.90 Å². The molecular weight excluding hydrogens is 228 g/mol. The van der Waals surface area contributed by atoms with E-state index in [-0.39, 0.29) is 6.47 Å². The highest BCUT2D eigenvalue weighted by Crippen LogP contribution is 2.19. The maximum absolute atomic E-state index is 8.36. The van der Waals surface area contributed by atoms with E-state index < -0.39 is 0 Å². The van der Waals surface area contributed by atoms with Crippen LogP contribution >= 0.6 is 0 Å². The van der Waals surface area contributed by atoms with E-state index >= 15 is 0 Å². The molecule has 0 saturated carbocycles. The van der Waals surface area contributed by atoms with Gasteiger partial charge in [-0.3, -0.25) is 4.79 Å². The molecule has 1 aliphatic rings. The Balaban J connectivity index is 0. The summed E-state index contributed by atoms with van der Waals surface area (Å²) >= 11 is 0. The molecule has 1 aliphatic heterocycles. The lowest BCUT2D eigenvalue weighted by Gasteiger charge is -2.15. The van der Waals surface area contributed by atoms with Gasteiger partial charge in [0.15, 0.2) is 0 Å². The standard InChI is InChI=1S/C11H23N.C2H3N.CH2O2/c1-3-10(4-2)7-8-11-6-5-9-12-11;1-2-3;2-1-3/h10-12H,3-9H2,1-2H3;1H3;1H,(H,2,3). The van der Waals surface area contributed by atoms with E-state index in [1.807, 2.05) is 0 Å². The molecule has 1 saturated heterocycles. The third kappa shape index (κ3) is 13.0. The van der Waals surface area contributed by atoms with Gasteiger partial charge in [0.1, 0.15) is 0 Å². The van der Waals surface area contributed by atoms with Crippen molar-refractivity contribution in [2.24, 2.45) is 5.92 Å². The van der Waals surface area contributed by atoms with Gasteiger partial charge < -0.3 is 10.4 Å². The molecule has 0 aromatic heterocycles. The minimum atomic E-state index is -0.250. The maximum Gasteiger partial charge on any atom is 0.290 e. The Bertz CT molecular complexity index is 202. The first-order valence-corrected chi connectivity index (χ1v) is 6.82. The van der Waals surface area contributed by atoms with Crippen molar-refractivity contribution in [3.05, 3.63) is 0 Å². The van der Waals surface area contributed by atoms with Crippen LogP contribution in [0.15, 0.2) is 0 Å². The number of rotatable bonds is 5. The van der Waals surface area contributed by atoms with E-state index in [0.29, 0.717) is 0 Å². The molecule has 0 radical (unpaired) electrons. The first-order chi connectivity index (χ1) is 8.69. The molecule has 4 nitrogen and oxygen atoms in total. The molecule has 1 rings (SSSR count). The van der Waals surface area contributed by atoms with E-state index in [1.165, 1.54) is 52.0 Å². The number of nitriles is 1. The summed E-state index contributed by atoms with van der Waals surface area (Å²) in [6.45, 7) is 7.07. The molecule has 0 bridgehead atoms. The highest BCUT2D eigenvalue weighted by molar-refractivity contribution is 5.32. The normalized spacial score (nSPS) is 16.9. The average Bonchev–Trinajstić information content (AvgIpc) is 2.85. The van der Waals surface area contributed by atoms with E-state index in [0.717, 1.165) is 12.0 Å². The largest absolute Gasteiger partial charge is 0.483 e. The van der Waals surface area contributed by atoms with Crippen molar-refractivity contribution in [1.29, 1.82) is 5.26 Å². The summed E-state index contributed by atoms with van der Waals surface area (Å²) in [5.74, 6) is 0.979. The molecule has 1 atom stereocenters. The Morgan fingerprint density at radius 2 is 2.00 bits per heavy atom. The Hall–Kier alpha value is -1.08. The number of nitrogens with one attached hydrogen (secondary N) is 1. The number of nitrogens with zero attached hydrogens (tertiary/aromatic N) is 1. The van der Waals surface area contributed by atoms with Crippen molar-refractivity contribution in [3.63, 3.8) is 0 Å². The van der Waals surface area contributed by atoms with E-state index in [4.69, 9.17) is 15.2 Å². The predicted molar refractivity (Wildman–Crippen MR) is 74.3 cm³/mol. The second-order valence-electron chi connectivity index (χ2n) is 4.38. The van der Waals surface area contributed by atoms with Gasteiger partial charge in [-0.2, -0.15) is 5.26 Å². The van der Waals surface area contributed by atoms with Gasteiger partial charge in [0.05, 0.1) is 6.07 Å². The number of hydrogen-bond acceptors (Lipinski definition) is 3. The summed E-state index contributed by atoms with van der Waals surface area (Å²) in [4.78, 5) is 8.36. The van der Waals surface area contributed by atoms with Gasteiger partial charge in [0.2, 0.25) is 0 Å². The summed E-state index contributed by atoms with van der Waals surface area (Å²) in [6.07, 6.45) is 8.39. The molecule has 1 heterocycles. The summed E-state index contributed by atoms with van der Waals surface area (Å²) in [5.41, 5.74) is 0. The van der Waals surface area contributed by atoms with Crippen LogP contribution in [0.25, 0.3) is 0 Å². The topological polar surface area (TPSA) is 73.1 Å². The smallest absolute Gasteiger partial charge is 0.290 e. The van der Waals surface area contributed by atoms with Gasteiger partial charge in [-0.05, 0) is 38.1 Å². The van der Waals surface area contributed by atoms with Gasteiger partial charge in [0, 0.05) is 13.0 Å². The van der Waals surface area contributed by atoms with Crippen LogP contribution in [-0.4, -0.2) is 24.2 Å². The molecule has 0 aromatic rings. The third-order valence-corrected chi connectivity index (χ3v) is 3.24. The van der Waals surface area contributed by atoms with Crippen LogP contribution < -0.4 is 5.32 Å². The Morgan fingerprint density at radius 1 is 1.50 bits per heavy atom. The number of carbonyl (C=O) groups is 1. The monoisotopic (exact) mass is 256 g/mol. The lowest BCUT2D eigenvalue weighted by Crippen LogP contribution is -2.21. The minimum absolute atomic E-state index is 0.250. The van der Waals surface area contributed by atoms with E-state index in [2.05, 4.69) is 19.2 Å².